The van der Waals surface area contributed by atoms with Crippen LogP contribution in [0.1, 0.15) is 43.7 Å². The molecular weight excluding hydrogens is 346 g/mol. The van der Waals surface area contributed by atoms with Crippen LogP contribution >= 0.6 is 0 Å². The number of nitrogens with zero attached hydrogens (tertiary/aromatic N) is 3. The van der Waals surface area contributed by atoms with E-state index < -0.39 is 0 Å². The van der Waals surface area contributed by atoms with E-state index in [2.05, 4.69) is 13.8 Å². The van der Waals surface area contributed by atoms with Crippen LogP contribution in [-0.2, 0) is 9.59 Å². The zero-order chi connectivity index (χ0) is 19.4. The number of carbonyl (C=O) groups excluding carboxylic acids is 3. The van der Waals surface area contributed by atoms with Gasteiger partial charge in [-0.25, -0.2) is 0 Å². The molecule has 1 aliphatic heterocycles. The van der Waals surface area contributed by atoms with Gasteiger partial charge in [-0.3, -0.25) is 14.4 Å². The van der Waals surface area contributed by atoms with E-state index in [9.17, 15) is 14.4 Å². The highest BCUT2D eigenvalue weighted by Gasteiger charge is 2.50. The zero-order valence-electron chi connectivity index (χ0n) is 16.2. The van der Waals surface area contributed by atoms with Gasteiger partial charge in [-0.2, -0.15) is 0 Å². The van der Waals surface area contributed by atoms with Crippen LogP contribution in [0.2, 0.25) is 0 Å². The van der Waals surface area contributed by atoms with Crippen molar-refractivity contribution in [2.24, 2.45) is 11.8 Å². The summed E-state index contributed by atoms with van der Waals surface area (Å²) in [6, 6.07) is 3.34. The molecule has 148 valence electrons. The first kappa shape index (κ1) is 19.5. The van der Waals surface area contributed by atoms with Crippen molar-refractivity contribution in [3.8, 4) is 0 Å². The van der Waals surface area contributed by atoms with Gasteiger partial charge in [0.15, 0.2) is 5.76 Å². The number of amides is 3. The third-order valence-electron chi connectivity index (χ3n) is 5.33. The fraction of sp³-hybridized carbons (Fsp3) is 0.650. The zero-order valence-corrected chi connectivity index (χ0v) is 16.2. The second-order valence-electron chi connectivity index (χ2n) is 7.37. The molecule has 1 saturated carbocycles. The molecule has 2 heterocycles. The lowest BCUT2D eigenvalue weighted by atomic mass is 10.2. The summed E-state index contributed by atoms with van der Waals surface area (Å²) in [5, 5.41) is 0. The van der Waals surface area contributed by atoms with Crippen molar-refractivity contribution in [1.29, 1.82) is 0 Å². The molecule has 2 atom stereocenters. The lowest BCUT2D eigenvalue weighted by Crippen LogP contribution is -2.51. The maximum Gasteiger partial charge on any atom is 0.289 e. The summed E-state index contributed by atoms with van der Waals surface area (Å²) < 4.78 is 5.16. The number of carbonyl (C=O) groups is 3. The standard InChI is InChI=1S/C20H29N3O4/c1-3-7-21(8-4-2)18(24)15-14-16(15)19(25)22-9-11-23(12-10-22)20(26)17-6-5-13-27-17/h5-6,13,15-16H,3-4,7-12,14H2,1-2H3. The van der Waals surface area contributed by atoms with Gasteiger partial charge >= 0.3 is 0 Å². The minimum absolute atomic E-state index is 0.0615. The lowest BCUT2D eigenvalue weighted by molar-refractivity contribution is -0.138. The van der Waals surface area contributed by atoms with Gasteiger partial charge in [0.05, 0.1) is 18.1 Å². The molecule has 1 aliphatic carbocycles. The molecule has 7 heteroatoms. The van der Waals surface area contributed by atoms with Crippen LogP contribution in [0, 0.1) is 11.8 Å². The van der Waals surface area contributed by atoms with E-state index in [1.165, 1.54) is 6.26 Å². The van der Waals surface area contributed by atoms with Crippen molar-refractivity contribution in [2.45, 2.75) is 33.1 Å². The number of piperazine rings is 1. The molecule has 0 bridgehead atoms. The number of hydrogen-bond acceptors (Lipinski definition) is 4. The summed E-state index contributed by atoms with van der Waals surface area (Å²) >= 11 is 0. The number of rotatable bonds is 7. The van der Waals surface area contributed by atoms with Crippen molar-refractivity contribution >= 4 is 17.7 Å². The largest absolute Gasteiger partial charge is 0.459 e. The summed E-state index contributed by atoms with van der Waals surface area (Å²) in [5.41, 5.74) is 0. The summed E-state index contributed by atoms with van der Waals surface area (Å²) in [5.74, 6) is 0.0467. The molecule has 1 aromatic rings. The predicted molar refractivity (Wildman–Crippen MR) is 100.0 cm³/mol. The topological polar surface area (TPSA) is 74.1 Å². The monoisotopic (exact) mass is 375 g/mol. The average molecular weight is 375 g/mol. The summed E-state index contributed by atoms with van der Waals surface area (Å²) in [6.07, 6.45) is 4.01. The molecule has 3 rings (SSSR count). The summed E-state index contributed by atoms with van der Waals surface area (Å²) in [6.45, 7) is 7.66. The second kappa shape index (κ2) is 8.59. The fourth-order valence-corrected chi connectivity index (χ4v) is 3.77. The first-order valence-corrected chi connectivity index (χ1v) is 9.97. The van der Waals surface area contributed by atoms with Crippen molar-refractivity contribution < 1.29 is 18.8 Å². The Morgan fingerprint density at radius 3 is 2.22 bits per heavy atom. The van der Waals surface area contributed by atoms with Crippen LogP contribution in [0.15, 0.2) is 22.8 Å². The SMILES string of the molecule is CCCN(CCC)C(=O)C1CC1C(=O)N1CCN(C(=O)c2ccco2)CC1. The molecule has 2 fully saturated rings. The van der Waals surface area contributed by atoms with Crippen molar-refractivity contribution in [3.63, 3.8) is 0 Å². The predicted octanol–water partition coefficient (Wildman–Crippen LogP) is 1.85. The van der Waals surface area contributed by atoms with E-state index in [0.29, 0.717) is 38.4 Å². The van der Waals surface area contributed by atoms with E-state index in [-0.39, 0.29) is 29.6 Å². The molecule has 7 nitrogen and oxygen atoms in total. The van der Waals surface area contributed by atoms with Crippen LogP contribution in [0.5, 0.6) is 0 Å². The Morgan fingerprint density at radius 2 is 1.67 bits per heavy atom. The first-order valence-electron chi connectivity index (χ1n) is 9.97. The molecule has 3 amide bonds. The highest BCUT2D eigenvalue weighted by Crippen LogP contribution is 2.41. The molecule has 0 spiro atoms. The third kappa shape index (κ3) is 4.34. The van der Waals surface area contributed by atoms with Gasteiger partial charge in [-0.05, 0) is 31.4 Å². The molecule has 27 heavy (non-hydrogen) atoms. The van der Waals surface area contributed by atoms with Crippen LogP contribution in [0.25, 0.3) is 0 Å². The maximum atomic E-state index is 12.8. The van der Waals surface area contributed by atoms with Gasteiger partial charge in [0.1, 0.15) is 0 Å². The van der Waals surface area contributed by atoms with Gasteiger partial charge in [0.25, 0.3) is 5.91 Å². The summed E-state index contributed by atoms with van der Waals surface area (Å²) in [7, 11) is 0. The average Bonchev–Trinajstić information content (AvgIpc) is 3.30. The Hall–Kier alpha value is -2.31. The number of hydrogen-bond donors (Lipinski definition) is 0. The molecule has 0 N–H and O–H groups in total. The molecule has 1 aromatic heterocycles. The highest BCUT2D eigenvalue weighted by molar-refractivity contribution is 5.93. The van der Waals surface area contributed by atoms with Crippen molar-refractivity contribution in [3.05, 3.63) is 24.2 Å². The van der Waals surface area contributed by atoms with E-state index in [1.54, 1.807) is 21.9 Å². The van der Waals surface area contributed by atoms with Gasteiger partial charge in [0, 0.05) is 39.3 Å². The van der Waals surface area contributed by atoms with E-state index in [4.69, 9.17) is 4.42 Å². The van der Waals surface area contributed by atoms with Crippen LogP contribution in [-0.4, -0.2) is 71.7 Å². The quantitative estimate of drug-likeness (QED) is 0.729. The second-order valence-corrected chi connectivity index (χ2v) is 7.37. The summed E-state index contributed by atoms with van der Waals surface area (Å²) in [4.78, 5) is 43.1. The number of furan rings is 1. The van der Waals surface area contributed by atoms with Crippen LogP contribution in [0.3, 0.4) is 0 Å². The maximum absolute atomic E-state index is 12.8. The Bertz CT molecular complexity index is 659. The Balaban J connectivity index is 1.49. The normalized spacial score (nSPS) is 21.9. The smallest absolute Gasteiger partial charge is 0.289 e. The van der Waals surface area contributed by atoms with Crippen molar-refractivity contribution in [2.75, 3.05) is 39.3 Å². The molecule has 1 saturated heterocycles. The van der Waals surface area contributed by atoms with E-state index in [1.807, 2.05) is 4.90 Å². The van der Waals surface area contributed by atoms with Crippen molar-refractivity contribution in [1.82, 2.24) is 14.7 Å². The molecule has 0 aromatic carbocycles. The van der Waals surface area contributed by atoms with Gasteiger partial charge in [-0.1, -0.05) is 13.8 Å². The fourth-order valence-electron chi connectivity index (χ4n) is 3.77. The Labute approximate surface area is 160 Å². The highest BCUT2D eigenvalue weighted by atomic mass is 16.3. The van der Waals surface area contributed by atoms with Crippen LogP contribution in [0.4, 0.5) is 0 Å². The third-order valence-corrected chi connectivity index (χ3v) is 5.33. The van der Waals surface area contributed by atoms with Gasteiger partial charge < -0.3 is 19.1 Å². The molecule has 2 unspecified atom stereocenters. The van der Waals surface area contributed by atoms with Gasteiger partial charge in [-0.15, -0.1) is 0 Å². The lowest BCUT2D eigenvalue weighted by Gasteiger charge is -2.34. The van der Waals surface area contributed by atoms with E-state index >= 15 is 0 Å². The minimum Gasteiger partial charge on any atom is -0.459 e. The van der Waals surface area contributed by atoms with E-state index in [0.717, 1.165) is 25.9 Å². The molecule has 0 radical (unpaired) electrons. The van der Waals surface area contributed by atoms with Crippen LogP contribution < -0.4 is 0 Å². The first-order chi connectivity index (χ1) is 13.1. The molecule has 2 aliphatic rings. The molecular formula is C20H29N3O4. The van der Waals surface area contributed by atoms with Gasteiger partial charge in [0.2, 0.25) is 11.8 Å². The minimum atomic E-state index is -0.180. The Kier molecular flexibility index (Phi) is 6.19. The Morgan fingerprint density at radius 1 is 1.04 bits per heavy atom.